The number of phenolic OH excluding ortho intramolecular Hbond substituents is 3. The molecule has 1 fully saturated rings. The van der Waals surface area contributed by atoms with Crippen LogP contribution in [-0.4, -0.2) is 86.7 Å². The maximum atomic E-state index is 12.6. The number of aliphatic hydroxyl groups excluding tert-OH is 1. The minimum Gasteiger partial charge on any atom is -0.504 e. The van der Waals surface area contributed by atoms with Crippen molar-refractivity contribution in [3.05, 3.63) is 53.6 Å². The molecule has 4 atom stereocenters. The highest BCUT2D eigenvalue weighted by Crippen LogP contribution is 2.37. The largest absolute Gasteiger partial charge is 0.504 e. The summed E-state index contributed by atoms with van der Waals surface area (Å²) in [5.74, 6) is -4.58. The van der Waals surface area contributed by atoms with Crippen molar-refractivity contribution < 1.29 is 64.0 Å². The van der Waals surface area contributed by atoms with Crippen LogP contribution in [0.5, 0.6) is 28.7 Å². The molecule has 13 nitrogen and oxygen atoms in total. The first-order valence-electron chi connectivity index (χ1n) is 11.7. The Morgan fingerprint density at radius 1 is 0.850 bits per heavy atom. The highest BCUT2D eigenvalue weighted by molar-refractivity contribution is 5.88. The average molecular weight is 561 g/mol. The summed E-state index contributed by atoms with van der Waals surface area (Å²) < 4.78 is 20.7. The van der Waals surface area contributed by atoms with Crippen LogP contribution in [0.1, 0.15) is 24.0 Å². The van der Waals surface area contributed by atoms with Gasteiger partial charge in [-0.3, -0.25) is 0 Å². The number of hydrogen-bond acceptors (Lipinski definition) is 12. The van der Waals surface area contributed by atoms with Gasteiger partial charge in [-0.2, -0.15) is 0 Å². The molecular formula is C27H28O13. The summed E-state index contributed by atoms with van der Waals surface area (Å²) in [6, 6.07) is 6.58. The van der Waals surface area contributed by atoms with Crippen LogP contribution < -0.4 is 9.47 Å². The van der Waals surface area contributed by atoms with Gasteiger partial charge in [0.15, 0.2) is 34.7 Å². The number of aromatic hydroxyl groups is 3. The molecule has 1 aliphatic rings. The van der Waals surface area contributed by atoms with E-state index in [-0.39, 0.29) is 23.0 Å². The molecule has 0 heterocycles. The van der Waals surface area contributed by atoms with Crippen LogP contribution in [0.3, 0.4) is 0 Å². The summed E-state index contributed by atoms with van der Waals surface area (Å²) in [6.07, 6.45) is -1.75. The molecule has 0 aliphatic heterocycles. The van der Waals surface area contributed by atoms with Crippen molar-refractivity contribution in [3.8, 4) is 28.7 Å². The van der Waals surface area contributed by atoms with Crippen LogP contribution in [0.15, 0.2) is 42.5 Å². The molecule has 40 heavy (non-hydrogen) atoms. The molecule has 0 radical (unpaired) electrons. The Balaban J connectivity index is 1.78. The van der Waals surface area contributed by atoms with Crippen LogP contribution in [0, 0.1) is 0 Å². The molecule has 4 unspecified atom stereocenters. The molecule has 0 saturated heterocycles. The summed E-state index contributed by atoms with van der Waals surface area (Å²) in [5.41, 5.74) is -1.77. The lowest BCUT2D eigenvalue weighted by molar-refractivity contribution is -0.204. The van der Waals surface area contributed by atoms with Gasteiger partial charge in [0.05, 0.1) is 20.3 Å². The lowest BCUT2D eigenvalue weighted by atomic mass is 9.79. The lowest BCUT2D eigenvalue weighted by Crippen LogP contribution is -2.58. The second-order valence-electron chi connectivity index (χ2n) is 8.88. The molecule has 2 aromatic carbocycles. The SMILES string of the molecule is COc1cc(/C=C/C(=O)OC2C(O)CC(O)(C(=O)O)CC2OC(=O)/C=C/c2ccc(O)c(O)c2)cc(OC)c1O. The van der Waals surface area contributed by atoms with Gasteiger partial charge < -0.3 is 49.6 Å². The number of benzene rings is 2. The molecule has 214 valence electrons. The summed E-state index contributed by atoms with van der Waals surface area (Å²) in [6.45, 7) is 0. The Morgan fingerprint density at radius 2 is 1.43 bits per heavy atom. The van der Waals surface area contributed by atoms with Gasteiger partial charge >= 0.3 is 17.9 Å². The average Bonchev–Trinajstić information content (AvgIpc) is 2.90. The first-order valence-corrected chi connectivity index (χ1v) is 11.7. The zero-order chi connectivity index (χ0) is 29.6. The van der Waals surface area contributed by atoms with Gasteiger partial charge in [0, 0.05) is 25.0 Å². The van der Waals surface area contributed by atoms with E-state index in [0.717, 1.165) is 12.2 Å². The molecule has 6 N–H and O–H groups in total. The lowest BCUT2D eigenvalue weighted by Gasteiger charge is -2.40. The van der Waals surface area contributed by atoms with Gasteiger partial charge in [0.25, 0.3) is 0 Å². The number of carboxylic acid groups (broad SMARTS) is 1. The van der Waals surface area contributed by atoms with Crippen molar-refractivity contribution in [1.82, 2.24) is 0 Å². The summed E-state index contributed by atoms with van der Waals surface area (Å²) in [4.78, 5) is 36.7. The van der Waals surface area contributed by atoms with Gasteiger partial charge in [-0.05, 0) is 47.5 Å². The Labute approximate surface area is 227 Å². The van der Waals surface area contributed by atoms with E-state index in [9.17, 15) is 45.0 Å². The van der Waals surface area contributed by atoms with E-state index in [1.807, 2.05) is 0 Å². The third-order valence-corrected chi connectivity index (χ3v) is 6.07. The van der Waals surface area contributed by atoms with Gasteiger partial charge in [-0.1, -0.05) is 6.07 Å². The second kappa shape index (κ2) is 12.4. The number of aliphatic carboxylic acids is 1. The number of aliphatic hydroxyl groups is 2. The van der Waals surface area contributed by atoms with Gasteiger partial charge in [-0.25, -0.2) is 14.4 Å². The number of hydrogen-bond donors (Lipinski definition) is 6. The number of carbonyl (C=O) groups is 3. The number of carbonyl (C=O) groups excluding carboxylic acids is 2. The van der Waals surface area contributed by atoms with E-state index in [1.165, 1.54) is 56.7 Å². The number of ether oxygens (including phenoxy) is 4. The predicted molar refractivity (Wildman–Crippen MR) is 137 cm³/mol. The van der Waals surface area contributed by atoms with Crippen LogP contribution in [-0.2, 0) is 23.9 Å². The van der Waals surface area contributed by atoms with E-state index in [1.54, 1.807) is 0 Å². The molecule has 2 aromatic rings. The molecular weight excluding hydrogens is 532 g/mol. The first-order chi connectivity index (χ1) is 18.9. The van der Waals surface area contributed by atoms with Crippen LogP contribution >= 0.6 is 0 Å². The third kappa shape index (κ3) is 7.01. The predicted octanol–water partition coefficient (Wildman–Crippen LogP) is 1.34. The van der Waals surface area contributed by atoms with Crippen LogP contribution in [0.25, 0.3) is 12.2 Å². The van der Waals surface area contributed by atoms with Gasteiger partial charge in [-0.15, -0.1) is 0 Å². The van der Waals surface area contributed by atoms with Crippen molar-refractivity contribution in [3.63, 3.8) is 0 Å². The van der Waals surface area contributed by atoms with Crippen molar-refractivity contribution >= 4 is 30.1 Å². The number of phenols is 3. The summed E-state index contributed by atoms with van der Waals surface area (Å²) in [5, 5.41) is 59.5. The first kappa shape index (κ1) is 29.8. The topological polar surface area (TPSA) is 210 Å². The van der Waals surface area contributed by atoms with Gasteiger partial charge in [0.1, 0.15) is 6.10 Å². The van der Waals surface area contributed by atoms with E-state index in [2.05, 4.69) is 0 Å². The maximum absolute atomic E-state index is 12.6. The Bertz CT molecular complexity index is 1310. The van der Waals surface area contributed by atoms with Crippen LogP contribution in [0.2, 0.25) is 0 Å². The quantitative estimate of drug-likeness (QED) is 0.145. The number of esters is 2. The molecule has 1 saturated carbocycles. The summed E-state index contributed by atoms with van der Waals surface area (Å²) in [7, 11) is 2.65. The Kier molecular flexibility index (Phi) is 9.24. The number of methoxy groups -OCH3 is 2. The molecule has 0 aromatic heterocycles. The minimum atomic E-state index is -2.46. The zero-order valence-corrected chi connectivity index (χ0v) is 21.4. The monoisotopic (exact) mass is 560 g/mol. The van der Waals surface area contributed by atoms with Gasteiger partial charge in [0.2, 0.25) is 5.75 Å². The van der Waals surface area contributed by atoms with E-state index >= 15 is 0 Å². The number of rotatable bonds is 9. The van der Waals surface area contributed by atoms with E-state index in [4.69, 9.17) is 18.9 Å². The van der Waals surface area contributed by atoms with Crippen LogP contribution in [0.4, 0.5) is 0 Å². The number of carboxylic acids is 1. The molecule has 0 spiro atoms. The van der Waals surface area contributed by atoms with Crippen molar-refractivity contribution in [2.45, 2.75) is 36.8 Å². The fraction of sp³-hybridized carbons (Fsp3) is 0.296. The standard InChI is InChI=1S/C27H28O13/c1-37-19-10-15(11-20(38-2)24(19)33)5-8-23(32)40-25-18(30)12-27(36,26(34)35)13-21(25)39-22(31)7-4-14-3-6-16(28)17(29)9-14/h3-11,18,21,25,28-30,33,36H,12-13H2,1-2H3,(H,34,35)/b7-4+,8-5+. The molecule has 1 aliphatic carbocycles. The van der Waals surface area contributed by atoms with E-state index < -0.39 is 60.4 Å². The Morgan fingerprint density at radius 3 is 1.98 bits per heavy atom. The maximum Gasteiger partial charge on any atom is 0.335 e. The van der Waals surface area contributed by atoms with Crippen molar-refractivity contribution in [1.29, 1.82) is 0 Å². The summed E-state index contributed by atoms with van der Waals surface area (Å²) >= 11 is 0. The molecule has 3 rings (SSSR count). The normalized spacial score (nSPS) is 22.6. The molecule has 0 amide bonds. The smallest absolute Gasteiger partial charge is 0.335 e. The highest BCUT2D eigenvalue weighted by atomic mass is 16.6. The third-order valence-electron chi connectivity index (χ3n) is 6.07. The highest BCUT2D eigenvalue weighted by Gasteiger charge is 2.52. The fourth-order valence-electron chi connectivity index (χ4n) is 4.02. The van der Waals surface area contributed by atoms with Crippen molar-refractivity contribution in [2.24, 2.45) is 0 Å². The zero-order valence-electron chi connectivity index (χ0n) is 21.4. The Hall–Kier alpha value is -4.75. The second-order valence-corrected chi connectivity index (χ2v) is 8.88. The van der Waals surface area contributed by atoms with E-state index in [0.29, 0.717) is 11.1 Å². The minimum absolute atomic E-state index is 0.0746. The molecule has 13 heteroatoms. The van der Waals surface area contributed by atoms with Crippen molar-refractivity contribution in [2.75, 3.05) is 14.2 Å². The fourth-order valence-corrected chi connectivity index (χ4v) is 4.02. The molecule has 0 bridgehead atoms.